The Bertz CT molecular complexity index is 1270. The molecule has 0 aliphatic carbocycles. The highest BCUT2D eigenvalue weighted by atomic mass is 35.5. The number of benzene rings is 2. The number of carbonyl (C=O) groups is 2. The second-order valence-corrected chi connectivity index (χ2v) is 7.61. The summed E-state index contributed by atoms with van der Waals surface area (Å²) >= 11 is 6.87. The number of halogens is 1. The monoisotopic (exact) mass is 440 g/mol. The highest BCUT2D eigenvalue weighted by molar-refractivity contribution is 8.04. The zero-order chi connectivity index (χ0) is 21.3. The number of rotatable bonds is 6. The van der Waals surface area contributed by atoms with Crippen LogP contribution in [0.4, 0.5) is 0 Å². The predicted octanol–water partition coefficient (Wildman–Crippen LogP) is 5.39. The predicted molar refractivity (Wildman–Crippen MR) is 114 cm³/mol. The lowest BCUT2D eigenvalue weighted by Crippen LogP contribution is -1.97. The van der Waals surface area contributed by atoms with Gasteiger partial charge in [0.05, 0.1) is 21.6 Å². The van der Waals surface area contributed by atoms with Crippen molar-refractivity contribution in [3.8, 4) is 11.3 Å². The molecular formula is C21H13ClN2O5S. The number of carboxylic acids is 2. The molecule has 4 rings (SSSR count). The number of hydrogen-bond acceptors (Lipinski definition) is 5. The highest BCUT2D eigenvalue weighted by Crippen LogP contribution is 2.31. The average molecular weight is 441 g/mol. The van der Waals surface area contributed by atoms with Gasteiger partial charge in [0.15, 0.2) is 5.16 Å². The molecule has 0 saturated carbocycles. The maximum Gasteiger partial charge on any atom is 0.342 e. The van der Waals surface area contributed by atoms with E-state index in [4.69, 9.17) is 16.0 Å². The first-order chi connectivity index (χ1) is 14.4. The summed E-state index contributed by atoms with van der Waals surface area (Å²) in [4.78, 5) is 30.4. The zero-order valence-corrected chi connectivity index (χ0v) is 16.7. The standard InChI is InChI=1S/C21H13ClN2O5S/c22-14-7-5-11(9-13(14)19(25)26)17-8-6-12(29-17)10-18(20(27)28)30-21-23-15-3-1-2-4-16(15)24-21/h1-10H,(H,23,24)(H,25,26)(H,27,28)/b18-10-. The number of thioether (sulfide) groups is 1. The number of nitrogens with one attached hydrogen (secondary N) is 1. The van der Waals surface area contributed by atoms with Crippen molar-refractivity contribution < 1.29 is 24.2 Å². The Morgan fingerprint density at radius 1 is 1.10 bits per heavy atom. The quantitative estimate of drug-likeness (QED) is 0.271. The first kappa shape index (κ1) is 19.8. The van der Waals surface area contributed by atoms with Gasteiger partial charge < -0.3 is 19.6 Å². The van der Waals surface area contributed by atoms with Crippen LogP contribution in [0.25, 0.3) is 28.4 Å². The van der Waals surface area contributed by atoms with E-state index in [1.165, 1.54) is 18.2 Å². The van der Waals surface area contributed by atoms with Gasteiger partial charge in [0.25, 0.3) is 0 Å². The fourth-order valence-corrected chi connectivity index (χ4v) is 3.75. The van der Waals surface area contributed by atoms with Gasteiger partial charge in [-0.15, -0.1) is 0 Å². The fourth-order valence-electron chi connectivity index (χ4n) is 2.77. The first-order valence-corrected chi connectivity index (χ1v) is 9.81. The van der Waals surface area contributed by atoms with Crippen LogP contribution in [0.3, 0.4) is 0 Å². The van der Waals surface area contributed by atoms with Crippen molar-refractivity contribution in [1.82, 2.24) is 9.97 Å². The minimum absolute atomic E-state index is 0.0114. The summed E-state index contributed by atoms with van der Waals surface area (Å²) in [7, 11) is 0. The fraction of sp³-hybridized carbons (Fsp3) is 0. The molecule has 0 radical (unpaired) electrons. The summed E-state index contributed by atoms with van der Waals surface area (Å²) in [6, 6.07) is 15.1. The third kappa shape index (κ3) is 4.10. The summed E-state index contributed by atoms with van der Waals surface area (Å²) in [5.74, 6) is -1.58. The highest BCUT2D eigenvalue weighted by Gasteiger charge is 2.16. The first-order valence-electron chi connectivity index (χ1n) is 8.61. The molecule has 0 aliphatic rings. The number of aromatic nitrogens is 2. The minimum atomic E-state index is -1.15. The Morgan fingerprint density at radius 2 is 1.90 bits per heavy atom. The number of aromatic carboxylic acids is 1. The van der Waals surface area contributed by atoms with E-state index < -0.39 is 11.9 Å². The lowest BCUT2D eigenvalue weighted by Gasteiger charge is -2.02. The summed E-state index contributed by atoms with van der Waals surface area (Å²) in [6.45, 7) is 0. The van der Waals surface area contributed by atoms with Gasteiger partial charge >= 0.3 is 11.9 Å². The second kappa shape index (κ2) is 8.10. The Morgan fingerprint density at radius 3 is 2.63 bits per heavy atom. The van der Waals surface area contributed by atoms with Crippen LogP contribution in [0.5, 0.6) is 0 Å². The number of imidazole rings is 1. The smallest absolute Gasteiger partial charge is 0.342 e. The van der Waals surface area contributed by atoms with Crippen LogP contribution in [0.1, 0.15) is 16.1 Å². The Kier molecular flexibility index (Phi) is 5.35. The minimum Gasteiger partial charge on any atom is -0.478 e. The van der Waals surface area contributed by atoms with Crippen LogP contribution in [-0.4, -0.2) is 32.1 Å². The van der Waals surface area contributed by atoms with Gasteiger partial charge in [0.2, 0.25) is 0 Å². The summed E-state index contributed by atoms with van der Waals surface area (Å²) < 4.78 is 5.70. The normalized spacial score (nSPS) is 11.7. The van der Waals surface area contributed by atoms with E-state index in [0.717, 1.165) is 22.8 Å². The molecule has 0 amide bonds. The van der Waals surface area contributed by atoms with Gasteiger partial charge in [0.1, 0.15) is 16.4 Å². The summed E-state index contributed by atoms with van der Waals surface area (Å²) in [5, 5.41) is 19.3. The summed E-state index contributed by atoms with van der Waals surface area (Å²) in [5.41, 5.74) is 2.01. The van der Waals surface area contributed by atoms with Crippen LogP contribution >= 0.6 is 23.4 Å². The molecule has 0 atom stereocenters. The van der Waals surface area contributed by atoms with Crippen molar-refractivity contribution in [2.75, 3.05) is 0 Å². The molecule has 0 saturated heterocycles. The van der Waals surface area contributed by atoms with Gasteiger partial charge in [-0.05, 0) is 54.2 Å². The van der Waals surface area contributed by atoms with Crippen LogP contribution in [-0.2, 0) is 4.79 Å². The van der Waals surface area contributed by atoms with Crippen molar-refractivity contribution in [2.45, 2.75) is 5.16 Å². The number of furan rings is 1. The van der Waals surface area contributed by atoms with Crippen molar-refractivity contribution in [2.24, 2.45) is 0 Å². The van der Waals surface area contributed by atoms with Crippen LogP contribution in [0.2, 0.25) is 5.02 Å². The van der Waals surface area contributed by atoms with E-state index in [1.54, 1.807) is 18.2 Å². The van der Waals surface area contributed by atoms with E-state index in [0.29, 0.717) is 22.2 Å². The summed E-state index contributed by atoms with van der Waals surface area (Å²) in [6.07, 6.45) is 1.39. The average Bonchev–Trinajstić information content (AvgIpc) is 3.34. The van der Waals surface area contributed by atoms with Gasteiger partial charge in [-0.25, -0.2) is 14.6 Å². The molecule has 9 heteroatoms. The van der Waals surface area contributed by atoms with E-state index in [9.17, 15) is 19.8 Å². The molecule has 3 N–H and O–H groups in total. The van der Waals surface area contributed by atoms with Crippen molar-refractivity contribution in [3.63, 3.8) is 0 Å². The zero-order valence-electron chi connectivity index (χ0n) is 15.1. The van der Waals surface area contributed by atoms with Gasteiger partial charge in [-0.3, -0.25) is 0 Å². The lowest BCUT2D eigenvalue weighted by atomic mass is 10.1. The second-order valence-electron chi connectivity index (χ2n) is 6.18. The third-order valence-electron chi connectivity index (χ3n) is 4.17. The van der Waals surface area contributed by atoms with E-state index in [-0.39, 0.29) is 15.5 Å². The molecule has 2 heterocycles. The van der Waals surface area contributed by atoms with Crippen LogP contribution in [0, 0.1) is 0 Å². The topological polar surface area (TPSA) is 116 Å². The maximum absolute atomic E-state index is 11.7. The number of nitrogens with zero attached hydrogens (tertiary/aromatic N) is 1. The number of aliphatic carboxylic acids is 1. The molecule has 2 aromatic heterocycles. The number of para-hydroxylation sites is 2. The van der Waals surface area contributed by atoms with E-state index in [1.807, 2.05) is 24.3 Å². The van der Waals surface area contributed by atoms with E-state index in [2.05, 4.69) is 9.97 Å². The van der Waals surface area contributed by atoms with E-state index >= 15 is 0 Å². The Balaban J connectivity index is 1.63. The Labute approximate surface area is 179 Å². The van der Waals surface area contributed by atoms with Crippen molar-refractivity contribution >= 4 is 52.4 Å². The number of aromatic amines is 1. The molecule has 0 spiro atoms. The van der Waals surface area contributed by atoms with Crippen molar-refractivity contribution in [3.05, 3.63) is 75.8 Å². The number of hydrogen-bond donors (Lipinski definition) is 3. The molecule has 0 bridgehead atoms. The largest absolute Gasteiger partial charge is 0.478 e. The third-order valence-corrected chi connectivity index (χ3v) is 5.40. The molecular weight excluding hydrogens is 428 g/mol. The molecule has 2 aromatic carbocycles. The SMILES string of the molecule is O=C(O)/C(=C/c1ccc(-c2ccc(Cl)c(C(=O)O)c2)o1)Sc1nc2ccccc2[nH]1. The Hall–Kier alpha value is -3.49. The van der Waals surface area contributed by atoms with Gasteiger partial charge in [0, 0.05) is 11.6 Å². The molecule has 0 aliphatic heterocycles. The molecule has 4 aromatic rings. The molecule has 7 nitrogen and oxygen atoms in total. The molecule has 0 unspecified atom stereocenters. The van der Waals surface area contributed by atoms with Gasteiger partial charge in [-0.1, -0.05) is 23.7 Å². The maximum atomic E-state index is 11.7. The number of carboxylic acid groups (broad SMARTS) is 2. The number of H-pyrrole nitrogens is 1. The van der Waals surface area contributed by atoms with Gasteiger partial charge in [-0.2, -0.15) is 0 Å². The molecule has 30 heavy (non-hydrogen) atoms. The lowest BCUT2D eigenvalue weighted by molar-refractivity contribution is -0.131. The number of fused-ring (bicyclic) bond motifs is 1. The van der Waals surface area contributed by atoms with Crippen LogP contribution in [0.15, 0.2) is 69.1 Å². The van der Waals surface area contributed by atoms with Crippen LogP contribution < -0.4 is 0 Å². The van der Waals surface area contributed by atoms with Crippen molar-refractivity contribution in [1.29, 1.82) is 0 Å². The molecule has 0 fully saturated rings. The molecule has 150 valence electrons.